The molecule has 2 aliphatic rings. The summed E-state index contributed by atoms with van der Waals surface area (Å²) in [4.78, 5) is 2.27. The number of nitrogens with zero attached hydrogens (tertiary/aromatic N) is 8. The summed E-state index contributed by atoms with van der Waals surface area (Å²) < 4.78 is 18.2. The van der Waals surface area contributed by atoms with Crippen LogP contribution in [0.2, 0.25) is 0 Å². The molecule has 0 bridgehead atoms. The van der Waals surface area contributed by atoms with E-state index >= 15 is 0 Å². The van der Waals surface area contributed by atoms with E-state index in [1.807, 2.05) is 12.1 Å². The molecule has 1 unspecified atom stereocenters. The third-order valence-electron chi connectivity index (χ3n) is 6.11. The maximum atomic E-state index is 14.3. The van der Waals surface area contributed by atoms with E-state index in [1.54, 1.807) is 22.7 Å². The van der Waals surface area contributed by atoms with Gasteiger partial charge in [-0.05, 0) is 43.5 Å². The van der Waals surface area contributed by atoms with Gasteiger partial charge in [-0.25, -0.2) is 4.39 Å². The molecule has 9 heteroatoms. The predicted octanol–water partition coefficient (Wildman–Crippen LogP) is 2.85. The van der Waals surface area contributed by atoms with Crippen LogP contribution in [0.3, 0.4) is 0 Å². The van der Waals surface area contributed by atoms with Crippen molar-refractivity contribution in [2.45, 2.75) is 38.1 Å². The van der Waals surface area contributed by atoms with Gasteiger partial charge in [0.15, 0.2) is 11.5 Å². The zero-order valence-corrected chi connectivity index (χ0v) is 16.4. The third-order valence-corrected chi connectivity index (χ3v) is 6.11. The van der Waals surface area contributed by atoms with E-state index < -0.39 is 0 Å². The normalized spacial score (nSPS) is 18.8. The average molecular weight is 404 g/mol. The van der Waals surface area contributed by atoms with Crippen LogP contribution in [0.15, 0.2) is 36.4 Å². The molecule has 30 heavy (non-hydrogen) atoms. The molecule has 0 amide bonds. The van der Waals surface area contributed by atoms with Crippen LogP contribution in [-0.4, -0.2) is 47.7 Å². The van der Waals surface area contributed by atoms with Crippen LogP contribution in [0.1, 0.15) is 36.8 Å². The van der Waals surface area contributed by atoms with Gasteiger partial charge in [-0.1, -0.05) is 12.1 Å². The van der Waals surface area contributed by atoms with E-state index in [-0.39, 0.29) is 5.82 Å². The molecule has 152 valence electrons. The molecule has 1 aromatic carbocycles. The molecule has 1 fully saturated rings. The molecule has 5 heterocycles. The first-order valence-electron chi connectivity index (χ1n) is 10.4. The number of fused-ring (bicyclic) bond motifs is 2. The van der Waals surface area contributed by atoms with Gasteiger partial charge in [0.25, 0.3) is 0 Å². The highest BCUT2D eigenvalue weighted by atomic mass is 19.1. The Bertz CT molecular complexity index is 1230. The summed E-state index contributed by atoms with van der Waals surface area (Å²) in [6, 6.07) is 10.4. The zero-order chi connectivity index (χ0) is 20.1. The van der Waals surface area contributed by atoms with Crippen molar-refractivity contribution in [3.8, 4) is 11.4 Å². The smallest absolute Gasteiger partial charge is 0.188 e. The minimum atomic E-state index is -0.335. The van der Waals surface area contributed by atoms with Gasteiger partial charge in [0.2, 0.25) is 0 Å². The van der Waals surface area contributed by atoms with Gasteiger partial charge in [-0.2, -0.15) is 4.52 Å². The lowest BCUT2D eigenvalue weighted by atomic mass is 9.97. The second-order valence-corrected chi connectivity index (χ2v) is 7.98. The Labute approximate surface area is 172 Å². The summed E-state index contributed by atoms with van der Waals surface area (Å²) in [6.45, 7) is 2.78. The lowest BCUT2D eigenvalue weighted by Gasteiger charge is -2.33. The fourth-order valence-corrected chi connectivity index (χ4v) is 4.63. The Hall–Kier alpha value is -3.36. The largest absolute Gasteiger partial charge is 0.354 e. The number of benzene rings is 1. The number of aromatic nitrogens is 7. The van der Waals surface area contributed by atoms with Gasteiger partial charge in [0.05, 0.1) is 5.56 Å². The van der Waals surface area contributed by atoms with Gasteiger partial charge in [-0.15, -0.1) is 25.5 Å². The molecular formula is C21H21FN8. The van der Waals surface area contributed by atoms with Crippen molar-refractivity contribution < 1.29 is 4.39 Å². The van der Waals surface area contributed by atoms with E-state index in [9.17, 15) is 4.39 Å². The number of aryl methyl sites for hydroxylation is 1. The van der Waals surface area contributed by atoms with Crippen LogP contribution in [0.5, 0.6) is 0 Å². The van der Waals surface area contributed by atoms with Gasteiger partial charge in [0.1, 0.15) is 23.3 Å². The Morgan fingerprint density at radius 3 is 2.80 bits per heavy atom. The zero-order valence-electron chi connectivity index (χ0n) is 16.4. The Balaban J connectivity index is 1.34. The van der Waals surface area contributed by atoms with Crippen LogP contribution < -0.4 is 4.90 Å². The minimum absolute atomic E-state index is 0.335. The van der Waals surface area contributed by atoms with E-state index in [1.165, 1.54) is 6.07 Å². The predicted molar refractivity (Wildman–Crippen MR) is 109 cm³/mol. The monoisotopic (exact) mass is 404 g/mol. The third kappa shape index (κ3) is 2.76. The van der Waals surface area contributed by atoms with Crippen LogP contribution >= 0.6 is 0 Å². The summed E-state index contributed by atoms with van der Waals surface area (Å²) in [6.07, 6.45) is 4.34. The first kappa shape index (κ1) is 17.5. The molecule has 4 aromatic rings. The molecule has 0 N–H and O–H groups in total. The summed E-state index contributed by atoms with van der Waals surface area (Å²) in [5.74, 6) is 3.46. The summed E-state index contributed by atoms with van der Waals surface area (Å²) in [5.41, 5.74) is 0.992. The van der Waals surface area contributed by atoms with Crippen LogP contribution in [0.4, 0.5) is 10.2 Å². The number of piperidine rings is 1. The van der Waals surface area contributed by atoms with Crippen molar-refractivity contribution in [2.24, 2.45) is 0 Å². The highest BCUT2D eigenvalue weighted by Crippen LogP contribution is 2.31. The maximum Gasteiger partial charge on any atom is 0.188 e. The van der Waals surface area contributed by atoms with Gasteiger partial charge < -0.3 is 9.47 Å². The average Bonchev–Trinajstić information content (AvgIpc) is 3.49. The van der Waals surface area contributed by atoms with Crippen LogP contribution in [-0.2, 0) is 13.0 Å². The Morgan fingerprint density at radius 2 is 1.87 bits per heavy atom. The van der Waals surface area contributed by atoms with Gasteiger partial charge in [0, 0.05) is 32.0 Å². The summed E-state index contributed by atoms with van der Waals surface area (Å²) >= 11 is 0. The van der Waals surface area contributed by atoms with E-state index in [0.29, 0.717) is 23.0 Å². The quantitative estimate of drug-likeness (QED) is 0.523. The highest BCUT2D eigenvalue weighted by molar-refractivity contribution is 5.60. The van der Waals surface area contributed by atoms with Gasteiger partial charge >= 0.3 is 0 Å². The fourth-order valence-electron chi connectivity index (χ4n) is 4.63. The van der Waals surface area contributed by atoms with E-state index in [4.69, 9.17) is 5.10 Å². The maximum absolute atomic E-state index is 14.3. The van der Waals surface area contributed by atoms with Crippen LogP contribution in [0.25, 0.3) is 17.0 Å². The van der Waals surface area contributed by atoms with Gasteiger partial charge in [-0.3, -0.25) is 0 Å². The molecule has 1 atom stereocenters. The molecule has 0 spiro atoms. The molecule has 1 saturated heterocycles. The minimum Gasteiger partial charge on any atom is -0.354 e. The standard InChI is InChI=1S/C21H21FN8/c22-16-7-2-1-6-15(16)21-26-24-18-9-10-19(27-30(18)21)28-11-3-5-14(13-28)20-25-23-17-8-4-12-29(17)20/h1-2,6-7,9-10,14H,3-5,8,11-13H2. The van der Waals surface area contributed by atoms with Crippen molar-refractivity contribution in [1.29, 1.82) is 0 Å². The van der Waals surface area contributed by atoms with Crippen molar-refractivity contribution in [2.75, 3.05) is 18.0 Å². The lowest BCUT2D eigenvalue weighted by molar-refractivity contribution is 0.469. The number of rotatable bonds is 3. The number of halogens is 1. The summed E-state index contributed by atoms with van der Waals surface area (Å²) in [7, 11) is 0. The number of hydrogen-bond donors (Lipinski definition) is 0. The van der Waals surface area contributed by atoms with E-state index in [0.717, 1.165) is 62.8 Å². The number of hydrogen-bond acceptors (Lipinski definition) is 6. The molecule has 6 rings (SSSR count). The van der Waals surface area contributed by atoms with Crippen molar-refractivity contribution in [1.82, 2.24) is 34.6 Å². The SMILES string of the molecule is Fc1ccccc1-c1nnc2ccc(N3CCCC(c4nnc5n4CCC5)C3)nn12. The lowest BCUT2D eigenvalue weighted by Crippen LogP contribution is -2.36. The van der Waals surface area contributed by atoms with Crippen molar-refractivity contribution in [3.05, 3.63) is 53.9 Å². The number of anilines is 1. The fraction of sp³-hybridized carbons (Fsp3) is 0.381. The van der Waals surface area contributed by atoms with Crippen molar-refractivity contribution >= 4 is 11.5 Å². The topological polar surface area (TPSA) is 77.0 Å². The second-order valence-electron chi connectivity index (χ2n) is 7.98. The Kier molecular flexibility index (Phi) is 4.00. The molecule has 0 radical (unpaired) electrons. The molecule has 8 nitrogen and oxygen atoms in total. The van der Waals surface area contributed by atoms with Crippen molar-refractivity contribution in [3.63, 3.8) is 0 Å². The molecule has 3 aromatic heterocycles. The van der Waals surface area contributed by atoms with Crippen LogP contribution in [0, 0.1) is 5.82 Å². The van der Waals surface area contributed by atoms with E-state index in [2.05, 4.69) is 29.9 Å². The first-order chi connectivity index (χ1) is 14.8. The molecule has 0 saturated carbocycles. The molecule has 0 aliphatic carbocycles. The highest BCUT2D eigenvalue weighted by Gasteiger charge is 2.29. The second kappa shape index (κ2) is 6.86. The summed E-state index contributed by atoms with van der Waals surface area (Å²) in [5, 5.41) is 22.0. The Morgan fingerprint density at radius 1 is 0.933 bits per heavy atom. The molecular weight excluding hydrogens is 383 g/mol. The molecule has 2 aliphatic heterocycles. The first-order valence-corrected chi connectivity index (χ1v) is 10.4.